The van der Waals surface area contributed by atoms with Crippen LogP contribution in [0.25, 0.3) is 0 Å². The van der Waals surface area contributed by atoms with E-state index in [1.807, 2.05) is 14.0 Å². The molecule has 0 spiro atoms. The Morgan fingerprint density at radius 3 is 2.32 bits per heavy atom. The maximum absolute atomic E-state index is 15.0. The molecule has 4 heterocycles. The fraction of sp³-hybridized carbons (Fsp3) is 0.771. The van der Waals surface area contributed by atoms with Crippen LogP contribution in [0.4, 0.5) is 18.8 Å². The number of rotatable bonds is 10. The number of likely N-dealkylation sites (N-methyl/N-ethyl adjacent to an activating group) is 1. The van der Waals surface area contributed by atoms with E-state index in [0.717, 1.165) is 30.6 Å². The molecule has 0 bridgehead atoms. The molecule has 0 unspecified atom stereocenters. The fourth-order valence-electron chi connectivity index (χ4n) is 11.4. The third-order valence-electron chi connectivity index (χ3n) is 15.2. The van der Waals surface area contributed by atoms with Crippen LogP contribution in [0, 0.1) is 29.5 Å². The van der Waals surface area contributed by atoms with E-state index in [-0.39, 0.29) is 61.4 Å². The summed E-state index contributed by atoms with van der Waals surface area (Å²) in [6.07, 6.45) is -3.77. The van der Waals surface area contributed by atoms with E-state index in [2.05, 4.69) is 4.90 Å². The second-order valence-corrected chi connectivity index (χ2v) is 20.3. The van der Waals surface area contributed by atoms with Crippen molar-refractivity contribution in [2.45, 2.75) is 186 Å². The van der Waals surface area contributed by atoms with Gasteiger partial charge in [-0.2, -0.15) is 0 Å². The van der Waals surface area contributed by atoms with Crippen LogP contribution < -0.4 is 0 Å². The molecule has 1 saturated carbocycles. The van der Waals surface area contributed by atoms with Gasteiger partial charge in [0.25, 0.3) is 0 Å². The van der Waals surface area contributed by atoms with E-state index in [4.69, 9.17) is 44.8 Å². The highest BCUT2D eigenvalue weighted by Gasteiger charge is 2.61. The summed E-state index contributed by atoms with van der Waals surface area (Å²) in [5.41, 5.74) is -2.31. The number of Topliss-reactive ketones (excluding diaryl/α,β-unsaturated/α-hetero) is 1. The molecule has 0 radical (unpaired) electrons. The number of halogens is 2. The molecule has 0 aromatic heterocycles. The second-order valence-electron chi connectivity index (χ2n) is 19.9. The molecule has 1 aromatic carbocycles. The number of carbonyl (C=O) groups excluding carboxylic acids is 5. The van der Waals surface area contributed by atoms with Crippen LogP contribution in [0.1, 0.15) is 113 Å². The molecular weight excluding hydrogens is 881 g/mol. The Labute approximate surface area is 393 Å². The third-order valence-corrected chi connectivity index (χ3v) is 15.5. The molecule has 15 atom stereocenters. The third kappa shape index (κ3) is 10.4. The standard InChI is InChI=1S/C48H71ClFN3O13/c1-12-36-48(9)40(52(44(57)66-48)20-19-31-17-18-34(50)33(49)22-31)28(5)37(54)25(2)23-47(8,60-11)41(65-43-38(55)35(21-27(4)62-43)51(10)32-15-13-14-16-32)29(6)39(30(7)42(56)63-36)64-46(59)53-26(3)24-61-45(53)58/h17-18,22,25-30,32,35-36,38-41,43,55H,12-16,19-21,23-24H2,1-11H3/t25-,26+,27-,28-,29+,30-,35+,36+,38-,39+,40-,41-,43+,47+,48-/m1/s1. The summed E-state index contributed by atoms with van der Waals surface area (Å²) in [7, 11) is 3.49. The maximum atomic E-state index is 15.0. The lowest BCUT2D eigenvalue weighted by atomic mass is 9.73. The number of aliphatic hydroxyl groups excluding tert-OH is 1. The lowest BCUT2D eigenvalue weighted by molar-refractivity contribution is -0.303. The van der Waals surface area contributed by atoms with Gasteiger partial charge in [-0.05, 0) is 97.9 Å². The van der Waals surface area contributed by atoms with E-state index in [9.17, 15) is 28.7 Å². The average molecular weight is 953 g/mol. The van der Waals surface area contributed by atoms with Gasteiger partial charge < -0.3 is 38.3 Å². The van der Waals surface area contributed by atoms with Gasteiger partial charge in [0, 0.05) is 43.5 Å². The number of hydrogen-bond acceptors (Lipinski definition) is 14. The molecule has 6 rings (SSSR count). The van der Waals surface area contributed by atoms with E-state index in [1.165, 1.54) is 31.1 Å². The molecule has 16 nitrogen and oxygen atoms in total. The zero-order valence-corrected chi connectivity index (χ0v) is 41.1. The first-order chi connectivity index (χ1) is 31.1. The quantitative estimate of drug-likeness (QED) is 0.182. The number of carbonyl (C=O) groups is 5. The van der Waals surface area contributed by atoms with Gasteiger partial charge in [-0.3, -0.25) is 19.4 Å². The van der Waals surface area contributed by atoms with Gasteiger partial charge in [0.2, 0.25) is 0 Å². The first-order valence-corrected chi connectivity index (χ1v) is 24.0. The summed E-state index contributed by atoms with van der Waals surface area (Å²) >= 11 is 6.10. The number of benzene rings is 1. The van der Waals surface area contributed by atoms with Crippen LogP contribution in [0.3, 0.4) is 0 Å². The molecule has 370 valence electrons. The van der Waals surface area contributed by atoms with Crippen LogP contribution in [-0.2, 0) is 49.2 Å². The van der Waals surface area contributed by atoms with Crippen LogP contribution >= 0.6 is 11.6 Å². The molecular formula is C48H71ClFN3O13. The zero-order chi connectivity index (χ0) is 48.6. The number of esters is 1. The van der Waals surface area contributed by atoms with E-state index in [1.54, 1.807) is 54.5 Å². The number of aliphatic hydroxyl groups is 1. The smallest absolute Gasteiger partial charge is 0.419 e. The fourth-order valence-corrected chi connectivity index (χ4v) is 11.6. The van der Waals surface area contributed by atoms with Crippen molar-refractivity contribution >= 4 is 41.6 Å². The van der Waals surface area contributed by atoms with Gasteiger partial charge in [0.1, 0.15) is 36.5 Å². The van der Waals surface area contributed by atoms with Crippen LogP contribution in [-0.4, -0.2) is 149 Å². The number of fused-ring (bicyclic) bond motifs is 1. The van der Waals surface area contributed by atoms with Gasteiger partial charge in [-0.15, -0.1) is 0 Å². The first-order valence-electron chi connectivity index (χ1n) is 23.7. The van der Waals surface area contributed by atoms with Crippen molar-refractivity contribution in [3.05, 3.63) is 34.6 Å². The summed E-state index contributed by atoms with van der Waals surface area (Å²) in [6.45, 7) is 15.5. The van der Waals surface area contributed by atoms with Gasteiger partial charge >= 0.3 is 24.2 Å². The Morgan fingerprint density at radius 1 is 1.03 bits per heavy atom. The maximum Gasteiger partial charge on any atom is 0.419 e. The summed E-state index contributed by atoms with van der Waals surface area (Å²) in [5.74, 6) is -5.49. The van der Waals surface area contributed by atoms with Crippen molar-refractivity contribution in [3.8, 4) is 0 Å². The van der Waals surface area contributed by atoms with Crippen molar-refractivity contribution in [3.63, 3.8) is 0 Å². The highest BCUT2D eigenvalue weighted by atomic mass is 35.5. The van der Waals surface area contributed by atoms with Crippen LogP contribution in [0.5, 0.6) is 0 Å². The van der Waals surface area contributed by atoms with Crippen LogP contribution in [0.15, 0.2) is 18.2 Å². The predicted molar refractivity (Wildman–Crippen MR) is 239 cm³/mol. The largest absolute Gasteiger partial charge is 0.458 e. The SMILES string of the molecule is CC[C@@H]1OC(=O)[C@H](C)[C@@H](OC(=O)N2C(=O)OC[C@@H]2C)[C@H](C)[C@@H](O[C@@H]2O[C@H](C)C[C@H](N(C)C3CCCC3)[C@H]2O)[C@@](C)(OC)C[C@@H](C)C(=O)[C@@H](C)[C@H]2N(CCc3ccc(F)c(Cl)c3)C(=O)O[C@]12C. The van der Waals surface area contributed by atoms with Crippen molar-refractivity contribution in [2.24, 2.45) is 23.7 Å². The molecule has 18 heteroatoms. The Morgan fingerprint density at radius 2 is 1.71 bits per heavy atom. The van der Waals surface area contributed by atoms with Crippen molar-refractivity contribution in [1.29, 1.82) is 0 Å². The molecule has 4 aliphatic heterocycles. The molecule has 66 heavy (non-hydrogen) atoms. The average Bonchev–Trinajstić information content (AvgIpc) is 4.00. The highest BCUT2D eigenvalue weighted by molar-refractivity contribution is 6.30. The molecule has 1 aliphatic carbocycles. The molecule has 1 aromatic rings. The number of amides is 3. The number of cyclic esters (lactones) is 2. The number of methoxy groups -OCH3 is 1. The van der Waals surface area contributed by atoms with Crippen molar-refractivity contribution in [1.82, 2.24) is 14.7 Å². The monoisotopic (exact) mass is 951 g/mol. The van der Waals surface area contributed by atoms with Gasteiger partial charge in [0.15, 0.2) is 11.9 Å². The predicted octanol–water partition coefficient (Wildman–Crippen LogP) is 7.32. The number of hydrogen-bond donors (Lipinski definition) is 1. The lowest BCUT2D eigenvalue weighted by Crippen LogP contribution is -2.62. The molecule has 5 aliphatic rings. The number of nitrogens with zero attached hydrogens (tertiary/aromatic N) is 3. The van der Waals surface area contributed by atoms with Crippen LogP contribution in [0.2, 0.25) is 5.02 Å². The summed E-state index contributed by atoms with van der Waals surface area (Å²) in [4.78, 5) is 75.2. The second kappa shape index (κ2) is 20.9. The molecule has 5 fully saturated rings. The number of ketones is 1. The molecule has 3 amide bonds. The number of ether oxygens (including phenoxy) is 7. The van der Waals surface area contributed by atoms with E-state index < -0.39 is 108 Å². The van der Waals surface area contributed by atoms with Crippen molar-refractivity contribution in [2.75, 3.05) is 27.3 Å². The Hall–Kier alpha value is -3.61. The summed E-state index contributed by atoms with van der Waals surface area (Å²) in [6, 6.07) is 2.62. The lowest BCUT2D eigenvalue weighted by Gasteiger charge is -2.49. The Balaban J connectivity index is 1.43. The highest BCUT2D eigenvalue weighted by Crippen LogP contribution is 2.44. The van der Waals surface area contributed by atoms with Gasteiger partial charge in [0.05, 0.1) is 40.8 Å². The Bertz CT molecular complexity index is 1940. The Kier molecular flexibility index (Phi) is 16.4. The molecule has 1 N–H and O–H groups in total. The summed E-state index contributed by atoms with van der Waals surface area (Å²) < 4.78 is 57.7. The normalized spacial score (nSPS) is 38.5. The minimum atomic E-state index is -1.56. The van der Waals surface area contributed by atoms with Gasteiger partial charge in [-0.1, -0.05) is 58.2 Å². The van der Waals surface area contributed by atoms with Gasteiger partial charge in [-0.25, -0.2) is 23.7 Å². The minimum Gasteiger partial charge on any atom is -0.458 e. The first kappa shape index (κ1) is 51.8. The zero-order valence-electron chi connectivity index (χ0n) is 40.3. The molecule has 4 saturated heterocycles. The number of imide groups is 1. The topological polar surface area (TPSA) is 180 Å². The van der Waals surface area contributed by atoms with E-state index >= 15 is 4.79 Å². The summed E-state index contributed by atoms with van der Waals surface area (Å²) in [5, 5.41) is 12.1. The minimum absolute atomic E-state index is 0.0317. The van der Waals surface area contributed by atoms with E-state index in [0.29, 0.717) is 12.0 Å². The van der Waals surface area contributed by atoms with Crippen molar-refractivity contribution < 1.29 is 66.6 Å².